The van der Waals surface area contributed by atoms with Crippen LogP contribution < -0.4 is 10.6 Å². The molecule has 7 heteroatoms. The highest BCUT2D eigenvalue weighted by molar-refractivity contribution is 9.10. The average Bonchev–Trinajstić information content (AvgIpc) is 2.55. The number of hydrogen-bond acceptors (Lipinski definition) is 2. The lowest BCUT2D eigenvalue weighted by Gasteiger charge is -2.08. The topological polar surface area (TPSA) is 58.2 Å². The van der Waals surface area contributed by atoms with Crippen LogP contribution in [0, 0.1) is 5.82 Å². The third-order valence-electron chi connectivity index (χ3n) is 3.18. The molecule has 0 bridgehead atoms. The smallest absolute Gasteiger partial charge is 0.251 e. The van der Waals surface area contributed by atoms with Crippen molar-refractivity contribution < 1.29 is 14.0 Å². The Labute approximate surface area is 152 Å². The van der Waals surface area contributed by atoms with Gasteiger partial charge < -0.3 is 10.6 Å². The number of anilines is 1. The maximum absolute atomic E-state index is 13.6. The first-order valence-electron chi connectivity index (χ1n) is 7.24. The molecule has 0 aromatic heterocycles. The van der Waals surface area contributed by atoms with Crippen molar-refractivity contribution in [3.8, 4) is 0 Å². The summed E-state index contributed by atoms with van der Waals surface area (Å²) < 4.78 is 14.2. The summed E-state index contributed by atoms with van der Waals surface area (Å²) in [6.45, 7) is 0.345. The first-order valence-corrected chi connectivity index (χ1v) is 8.41. The summed E-state index contributed by atoms with van der Waals surface area (Å²) in [6.07, 6.45) is 0.625. The fourth-order valence-electron chi connectivity index (χ4n) is 1.96. The summed E-state index contributed by atoms with van der Waals surface area (Å²) in [5.41, 5.74) is 0.634. The summed E-state index contributed by atoms with van der Waals surface area (Å²) in [5, 5.41) is 5.77. The van der Waals surface area contributed by atoms with Crippen LogP contribution in [0.25, 0.3) is 0 Å². The first kappa shape index (κ1) is 18.4. The lowest BCUT2D eigenvalue weighted by atomic mass is 10.2. The molecule has 0 unspecified atom stereocenters. The Morgan fingerprint density at radius 1 is 1.12 bits per heavy atom. The van der Waals surface area contributed by atoms with Gasteiger partial charge in [-0.25, -0.2) is 4.39 Å². The van der Waals surface area contributed by atoms with Crippen molar-refractivity contribution in [1.82, 2.24) is 5.32 Å². The number of benzene rings is 2. The molecule has 0 aliphatic heterocycles. The van der Waals surface area contributed by atoms with Crippen LogP contribution >= 0.6 is 27.5 Å². The predicted octanol–water partition coefficient (Wildman–Crippen LogP) is 4.39. The van der Waals surface area contributed by atoms with E-state index in [9.17, 15) is 14.0 Å². The van der Waals surface area contributed by atoms with Crippen LogP contribution in [-0.2, 0) is 4.79 Å². The Balaban J connectivity index is 1.72. The van der Waals surface area contributed by atoms with E-state index in [1.54, 1.807) is 30.3 Å². The van der Waals surface area contributed by atoms with Gasteiger partial charge in [0.1, 0.15) is 5.82 Å². The minimum atomic E-state index is -0.506. The van der Waals surface area contributed by atoms with Gasteiger partial charge in [-0.15, -0.1) is 0 Å². The Morgan fingerprint density at radius 2 is 1.83 bits per heavy atom. The van der Waals surface area contributed by atoms with Crippen molar-refractivity contribution in [2.24, 2.45) is 0 Å². The van der Waals surface area contributed by atoms with E-state index in [1.807, 2.05) is 0 Å². The number of halogens is 3. The molecule has 2 aromatic carbocycles. The minimum Gasteiger partial charge on any atom is -0.352 e. The fraction of sp³-hybridized carbons (Fsp3) is 0.176. The highest BCUT2D eigenvalue weighted by Gasteiger charge is 2.08. The van der Waals surface area contributed by atoms with Gasteiger partial charge in [0, 0.05) is 28.0 Å². The van der Waals surface area contributed by atoms with E-state index in [0.29, 0.717) is 28.0 Å². The van der Waals surface area contributed by atoms with Gasteiger partial charge in [-0.3, -0.25) is 9.59 Å². The van der Waals surface area contributed by atoms with Crippen molar-refractivity contribution in [2.45, 2.75) is 12.8 Å². The maximum atomic E-state index is 13.6. The van der Waals surface area contributed by atoms with Gasteiger partial charge in [0.05, 0.1) is 5.69 Å². The zero-order valence-electron chi connectivity index (χ0n) is 12.6. The number of rotatable bonds is 6. The standard InChI is InChI=1S/C17H15BrClFN2O2/c18-12-5-8-15(14(20)10-12)22-16(23)2-1-9-21-17(24)11-3-6-13(19)7-4-11/h3-8,10H,1-2,9H2,(H,21,24)(H,22,23). The van der Waals surface area contributed by atoms with Crippen molar-refractivity contribution in [3.05, 3.63) is 63.3 Å². The summed E-state index contributed by atoms with van der Waals surface area (Å²) >= 11 is 8.91. The molecule has 126 valence electrons. The van der Waals surface area contributed by atoms with Gasteiger partial charge in [0.25, 0.3) is 5.91 Å². The zero-order chi connectivity index (χ0) is 17.5. The molecule has 0 atom stereocenters. The fourth-order valence-corrected chi connectivity index (χ4v) is 2.42. The third-order valence-corrected chi connectivity index (χ3v) is 3.92. The van der Waals surface area contributed by atoms with Crippen LogP contribution in [0.5, 0.6) is 0 Å². The van der Waals surface area contributed by atoms with Crippen LogP contribution in [0.1, 0.15) is 23.2 Å². The van der Waals surface area contributed by atoms with Gasteiger partial charge in [0.2, 0.25) is 5.91 Å². The Morgan fingerprint density at radius 3 is 2.50 bits per heavy atom. The number of amides is 2. The Bertz CT molecular complexity index is 738. The minimum absolute atomic E-state index is 0.133. The van der Waals surface area contributed by atoms with Gasteiger partial charge >= 0.3 is 0 Å². The SMILES string of the molecule is O=C(CCCNC(=O)c1ccc(Cl)cc1)Nc1ccc(Br)cc1F. The summed E-state index contributed by atoms with van der Waals surface area (Å²) in [5.74, 6) is -1.04. The lowest BCUT2D eigenvalue weighted by molar-refractivity contribution is -0.116. The van der Waals surface area contributed by atoms with Gasteiger partial charge in [-0.2, -0.15) is 0 Å². The maximum Gasteiger partial charge on any atom is 0.251 e. The van der Waals surface area contributed by atoms with E-state index in [0.717, 1.165) is 0 Å². The molecule has 2 N–H and O–H groups in total. The van der Waals surface area contributed by atoms with Crippen molar-refractivity contribution in [3.63, 3.8) is 0 Å². The van der Waals surface area contributed by atoms with Crippen molar-refractivity contribution >= 4 is 45.0 Å². The highest BCUT2D eigenvalue weighted by atomic mass is 79.9. The van der Waals surface area contributed by atoms with E-state index in [1.165, 1.54) is 12.1 Å². The number of hydrogen-bond donors (Lipinski definition) is 2. The lowest BCUT2D eigenvalue weighted by Crippen LogP contribution is -2.25. The molecular formula is C17H15BrClFN2O2. The Kier molecular flexibility index (Phi) is 6.75. The van der Waals surface area contributed by atoms with E-state index in [4.69, 9.17) is 11.6 Å². The summed E-state index contributed by atoms with van der Waals surface area (Å²) in [4.78, 5) is 23.6. The molecule has 4 nitrogen and oxygen atoms in total. The van der Waals surface area contributed by atoms with Gasteiger partial charge in [-0.1, -0.05) is 27.5 Å². The Hall–Kier alpha value is -1.92. The molecule has 2 aromatic rings. The van der Waals surface area contributed by atoms with Crippen LogP contribution in [0.2, 0.25) is 5.02 Å². The van der Waals surface area contributed by atoms with Crippen LogP contribution in [0.4, 0.5) is 10.1 Å². The highest BCUT2D eigenvalue weighted by Crippen LogP contribution is 2.19. The molecule has 0 spiro atoms. The second-order valence-corrected chi connectivity index (χ2v) is 6.39. The molecule has 2 amide bonds. The van der Waals surface area contributed by atoms with E-state index < -0.39 is 5.82 Å². The first-order chi connectivity index (χ1) is 11.5. The van der Waals surface area contributed by atoms with Gasteiger partial charge in [-0.05, 0) is 48.9 Å². The normalized spacial score (nSPS) is 10.3. The monoisotopic (exact) mass is 412 g/mol. The largest absolute Gasteiger partial charge is 0.352 e. The molecule has 0 saturated heterocycles. The molecule has 2 rings (SSSR count). The molecule has 0 radical (unpaired) electrons. The summed E-state index contributed by atoms with van der Waals surface area (Å²) in [6, 6.07) is 10.9. The second kappa shape index (κ2) is 8.80. The zero-order valence-corrected chi connectivity index (χ0v) is 15.0. The van der Waals surface area contributed by atoms with Crippen LogP contribution in [0.15, 0.2) is 46.9 Å². The average molecular weight is 414 g/mol. The predicted molar refractivity (Wildman–Crippen MR) is 95.7 cm³/mol. The molecular weight excluding hydrogens is 399 g/mol. The number of carbonyl (C=O) groups is 2. The van der Waals surface area contributed by atoms with Crippen molar-refractivity contribution in [2.75, 3.05) is 11.9 Å². The second-order valence-electron chi connectivity index (χ2n) is 5.04. The summed E-state index contributed by atoms with van der Waals surface area (Å²) in [7, 11) is 0. The number of carbonyl (C=O) groups excluding carboxylic acids is 2. The molecule has 0 fully saturated rings. The quantitative estimate of drug-likeness (QED) is 0.690. The number of nitrogens with one attached hydrogen (secondary N) is 2. The molecule has 0 aliphatic carbocycles. The van der Waals surface area contributed by atoms with E-state index >= 15 is 0 Å². The van der Waals surface area contributed by atoms with E-state index in [-0.39, 0.29) is 23.9 Å². The molecule has 24 heavy (non-hydrogen) atoms. The van der Waals surface area contributed by atoms with Crippen LogP contribution in [-0.4, -0.2) is 18.4 Å². The van der Waals surface area contributed by atoms with E-state index in [2.05, 4.69) is 26.6 Å². The molecule has 0 aliphatic rings. The molecule has 0 heterocycles. The van der Waals surface area contributed by atoms with Crippen LogP contribution in [0.3, 0.4) is 0 Å². The van der Waals surface area contributed by atoms with Gasteiger partial charge in [0.15, 0.2) is 0 Å². The molecule has 0 saturated carbocycles. The van der Waals surface area contributed by atoms with Crippen molar-refractivity contribution in [1.29, 1.82) is 0 Å². The third kappa shape index (κ3) is 5.62.